The van der Waals surface area contributed by atoms with E-state index in [1.54, 1.807) is 0 Å². The molecule has 0 atom stereocenters. The van der Waals surface area contributed by atoms with Gasteiger partial charge in [0.15, 0.2) is 0 Å². The summed E-state index contributed by atoms with van der Waals surface area (Å²) in [6.07, 6.45) is 0. The minimum atomic E-state index is 0.0915. The van der Waals surface area contributed by atoms with Crippen LogP contribution in [0.15, 0.2) is 78.9 Å². The second-order valence-electron chi connectivity index (χ2n) is 7.30. The van der Waals surface area contributed by atoms with Crippen LogP contribution in [-0.2, 0) is 0 Å². The van der Waals surface area contributed by atoms with Gasteiger partial charge in [-0.1, -0.05) is 54.6 Å². The van der Waals surface area contributed by atoms with Crippen LogP contribution in [0.3, 0.4) is 0 Å². The summed E-state index contributed by atoms with van der Waals surface area (Å²) >= 11 is 0. The summed E-state index contributed by atoms with van der Waals surface area (Å²) < 4.78 is 0. The predicted octanol–water partition coefficient (Wildman–Crippen LogP) is 4.19. The summed E-state index contributed by atoms with van der Waals surface area (Å²) in [7, 11) is 0. The number of anilines is 1. The molecular formula is C24H22N4O. The summed E-state index contributed by atoms with van der Waals surface area (Å²) in [6, 6.07) is 26.1. The number of hydrogen-bond donors (Lipinski definition) is 1. The highest BCUT2D eigenvalue weighted by Crippen LogP contribution is 2.21. The van der Waals surface area contributed by atoms with Crippen LogP contribution in [0.5, 0.6) is 0 Å². The lowest BCUT2D eigenvalue weighted by Gasteiger charge is -2.34. The maximum Gasteiger partial charge on any atom is 0.253 e. The third-order valence-electron chi connectivity index (χ3n) is 5.48. The first kappa shape index (κ1) is 17.5. The minimum absolute atomic E-state index is 0.0915. The number of carbonyl (C=O) groups is 1. The molecule has 2 heterocycles. The largest absolute Gasteiger partial charge is 0.339 e. The summed E-state index contributed by atoms with van der Waals surface area (Å²) in [6.45, 7) is 2.92. The molecule has 5 heteroatoms. The molecule has 144 valence electrons. The molecule has 3 aromatic carbocycles. The summed E-state index contributed by atoms with van der Waals surface area (Å²) in [5.74, 6) is 0.972. The number of rotatable bonds is 3. The van der Waals surface area contributed by atoms with Gasteiger partial charge in [-0.25, -0.2) is 4.98 Å². The van der Waals surface area contributed by atoms with Gasteiger partial charge in [-0.3, -0.25) is 4.79 Å². The molecular weight excluding hydrogens is 360 g/mol. The zero-order chi connectivity index (χ0) is 19.6. The van der Waals surface area contributed by atoms with Gasteiger partial charge in [0.1, 0.15) is 0 Å². The Morgan fingerprint density at radius 2 is 1.41 bits per heavy atom. The number of fused-ring (bicyclic) bond motifs is 1. The SMILES string of the molecule is O=C(c1ccc(-c2ccccc2)cc1)N1CCN(c2nc3ccccc3[nH]2)CC1. The number of nitrogens with zero attached hydrogens (tertiary/aromatic N) is 3. The molecule has 4 aromatic rings. The lowest BCUT2D eigenvalue weighted by atomic mass is 10.0. The highest BCUT2D eigenvalue weighted by Gasteiger charge is 2.23. The summed E-state index contributed by atoms with van der Waals surface area (Å²) in [5, 5.41) is 0. The zero-order valence-electron chi connectivity index (χ0n) is 16.1. The standard InChI is InChI=1S/C24H22N4O/c29-23(20-12-10-19(11-13-20)18-6-2-1-3-7-18)27-14-16-28(17-15-27)24-25-21-8-4-5-9-22(21)26-24/h1-13H,14-17H2,(H,25,26). The van der Waals surface area contributed by atoms with Gasteiger partial charge in [-0.05, 0) is 35.4 Å². The van der Waals surface area contributed by atoms with E-state index in [2.05, 4.69) is 27.0 Å². The molecule has 1 N–H and O–H groups in total. The van der Waals surface area contributed by atoms with Crippen LogP contribution >= 0.6 is 0 Å². The van der Waals surface area contributed by atoms with Gasteiger partial charge in [0, 0.05) is 31.7 Å². The number of aromatic nitrogens is 2. The van der Waals surface area contributed by atoms with Crippen LogP contribution in [-0.4, -0.2) is 47.0 Å². The smallest absolute Gasteiger partial charge is 0.253 e. The molecule has 1 aromatic heterocycles. The summed E-state index contributed by atoms with van der Waals surface area (Å²) in [4.78, 5) is 25.1. The van der Waals surface area contributed by atoms with E-state index in [-0.39, 0.29) is 5.91 Å². The molecule has 0 saturated carbocycles. The van der Waals surface area contributed by atoms with E-state index in [0.717, 1.165) is 46.8 Å². The van der Waals surface area contributed by atoms with E-state index < -0.39 is 0 Å². The minimum Gasteiger partial charge on any atom is -0.339 e. The molecule has 5 rings (SSSR count). The van der Waals surface area contributed by atoms with Crippen LogP contribution < -0.4 is 4.90 Å². The van der Waals surface area contributed by atoms with Crippen molar-refractivity contribution in [1.29, 1.82) is 0 Å². The van der Waals surface area contributed by atoms with Crippen molar-refractivity contribution in [3.05, 3.63) is 84.4 Å². The number of benzene rings is 3. The van der Waals surface area contributed by atoms with Crippen molar-refractivity contribution in [3.8, 4) is 11.1 Å². The normalized spacial score (nSPS) is 14.3. The van der Waals surface area contributed by atoms with Gasteiger partial charge in [0.2, 0.25) is 5.95 Å². The maximum absolute atomic E-state index is 12.9. The van der Waals surface area contributed by atoms with Crippen LogP contribution in [0.4, 0.5) is 5.95 Å². The number of para-hydroxylation sites is 2. The van der Waals surface area contributed by atoms with Crippen molar-refractivity contribution >= 4 is 22.9 Å². The van der Waals surface area contributed by atoms with E-state index in [0.29, 0.717) is 13.1 Å². The number of carbonyl (C=O) groups excluding carboxylic acids is 1. The van der Waals surface area contributed by atoms with Gasteiger partial charge in [0.25, 0.3) is 5.91 Å². The second-order valence-corrected chi connectivity index (χ2v) is 7.30. The second kappa shape index (κ2) is 7.43. The van der Waals surface area contributed by atoms with Crippen LogP contribution in [0.2, 0.25) is 0 Å². The maximum atomic E-state index is 12.9. The molecule has 0 aliphatic carbocycles. The Balaban J connectivity index is 1.25. The van der Waals surface area contributed by atoms with Crippen molar-refractivity contribution in [3.63, 3.8) is 0 Å². The lowest BCUT2D eigenvalue weighted by Crippen LogP contribution is -2.49. The molecule has 1 aliphatic rings. The van der Waals surface area contributed by atoms with Crippen LogP contribution in [0.25, 0.3) is 22.2 Å². The lowest BCUT2D eigenvalue weighted by molar-refractivity contribution is 0.0746. The number of piperazine rings is 1. The van der Waals surface area contributed by atoms with Crippen molar-refractivity contribution in [1.82, 2.24) is 14.9 Å². The molecule has 5 nitrogen and oxygen atoms in total. The van der Waals surface area contributed by atoms with E-state index in [9.17, 15) is 4.79 Å². The Kier molecular flexibility index (Phi) is 4.48. The van der Waals surface area contributed by atoms with E-state index >= 15 is 0 Å². The van der Waals surface area contributed by atoms with Gasteiger partial charge >= 0.3 is 0 Å². The predicted molar refractivity (Wildman–Crippen MR) is 116 cm³/mol. The highest BCUT2D eigenvalue weighted by atomic mass is 16.2. The van der Waals surface area contributed by atoms with E-state index in [4.69, 9.17) is 0 Å². The fourth-order valence-corrected chi connectivity index (χ4v) is 3.83. The topological polar surface area (TPSA) is 52.2 Å². The molecule has 1 amide bonds. The van der Waals surface area contributed by atoms with Crippen molar-refractivity contribution < 1.29 is 4.79 Å². The molecule has 1 aliphatic heterocycles. The van der Waals surface area contributed by atoms with Gasteiger partial charge in [-0.2, -0.15) is 0 Å². The average molecular weight is 382 g/mol. The Morgan fingerprint density at radius 1 is 0.759 bits per heavy atom. The first-order valence-electron chi connectivity index (χ1n) is 9.92. The monoisotopic (exact) mass is 382 g/mol. The Morgan fingerprint density at radius 3 is 2.14 bits per heavy atom. The third kappa shape index (κ3) is 3.47. The fraction of sp³-hybridized carbons (Fsp3) is 0.167. The zero-order valence-corrected chi connectivity index (χ0v) is 16.1. The first-order valence-corrected chi connectivity index (χ1v) is 9.92. The number of hydrogen-bond acceptors (Lipinski definition) is 3. The molecule has 0 bridgehead atoms. The van der Waals surface area contributed by atoms with Crippen molar-refractivity contribution in [2.75, 3.05) is 31.1 Å². The Hall–Kier alpha value is -3.60. The molecule has 29 heavy (non-hydrogen) atoms. The van der Waals surface area contributed by atoms with E-state index in [1.165, 1.54) is 0 Å². The van der Waals surface area contributed by atoms with Crippen LogP contribution in [0.1, 0.15) is 10.4 Å². The summed E-state index contributed by atoms with van der Waals surface area (Å²) in [5.41, 5.74) is 5.03. The Bertz CT molecular complexity index is 1090. The number of nitrogens with one attached hydrogen (secondary N) is 1. The van der Waals surface area contributed by atoms with Gasteiger partial charge in [-0.15, -0.1) is 0 Å². The van der Waals surface area contributed by atoms with Crippen molar-refractivity contribution in [2.24, 2.45) is 0 Å². The van der Waals surface area contributed by atoms with Crippen LogP contribution in [0, 0.1) is 0 Å². The molecule has 1 fully saturated rings. The number of aromatic amines is 1. The molecule has 0 unspecified atom stereocenters. The average Bonchev–Trinajstić information content (AvgIpc) is 3.24. The Labute approximate surface area is 169 Å². The quantitative estimate of drug-likeness (QED) is 0.578. The molecule has 1 saturated heterocycles. The number of H-pyrrole nitrogens is 1. The first-order chi connectivity index (χ1) is 14.3. The van der Waals surface area contributed by atoms with E-state index in [1.807, 2.05) is 71.6 Å². The highest BCUT2D eigenvalue weighted by molar-refractivity contribution is 5.95. The number of imidazole rings is 1. The van der Waals surface area contributed by atoms with Gasteiger partial charge < -0.3 is 14.8 Å². The third-order valence-corrected chi connectivity index (χ3v) is 5.48. The van der Waals surface area contributed by atoms with Gasteiger partial charge in [0.05, 0.1) is 11.0 Å². The number of amides is 1. The molecule has 0 radical (unpaired) electrons. The molecule has 0 spiro atoms. The van der Waals surface area contributed by atoms with Crippen molar-refractivity contribution in [2.45, 2.75) is 0 Å². The fourth-order valence-electron chi connectivity index (χ4n) is 3.83.